The van der Waals surface area contributed by atoms with Crippen LogP contribution in [0.4, 0.5) is 4.79 Å². The molecule has 2 N–H and O–H groups in total. The van der Waals surface area contributed by atoms with E-state index in [-0.39, 0.29) is 13.2 Å². The molecule has 1 atom stereocenters. The van der Waals surface area contributed by atoms with E-state index in [1.54, 1.807) is 39.0 Å². The van der Waals surface area contributed by atoms with Crippen molar-refractivity contribution in [2.75, 3.05) is 13.9 Å². The van der Waals surface area contributed by atoms with E-state index in [9.17, 15) is 14.7 Å². The molecule has 8 heteroatoms. The Bertz CT molecular complexity index is 584. The van der Waals surface area contributed by atoms with Crippen molar-refractivity contribution in [1.29, 1.82) is 0 Å². The first-order chi connectivity index (χ1) is 11.1. The van der Waals surface area contributed by atoms with Crippen molar-refractivity contribution in [3.8, 4) is 5.75 Å². The number of hydrogen-bond acceptors (Lipinski definition) is 5. The molecule has 1 amide bonds. The average Bonchev–Trinajstić information content (AvgIpc) is 2.43. The van der Waals surface area contributed by atoms with Gasteiger partial charge in [-0.2, -0.15) is 0 Å². The van der Waals surface area contributed by atoms with Gasteiger partial charge in [0.1, 0.15) is 17.4 Å². The lowest BCUT2D eigenvalue weighted by Gasteiger charge is -2.22. The van der Waals surface area contributed by atoms with Crippen molar-refractivity contribution in [1.82, 2.24) is 5.32 Å². The van der Waals surface area contributed by atoms with Crippen LogP contribution in [0.2, 0.25) is 0 Å². The molecule has 1 rings (SSSR count). The van der Waals surface area contributed by atoms with E-state index in [1.807, 2.05) is 0 Å². The maximum atomic E-state index is 11.8. The van der Waals surface area contributed by atoms with Crippen LogP contribution in [0.3, 0.4) is 0 Å². The van der Waals surface area contributed by atoms with Gasteiger partial charge in [0.15, 0.2) is 6.79 Å². The Morgan fingerprint density at radius 3 is 2.50 bits per heavy atom. The molecule has 24 heavy (non-hydrogen) atoms. The molecular formula is C16H22INO6. The molecule has 0 saturated carbocycles. The van der Waals surface area contributed by atoms with Crippen LogP contribution < -0.4 is 10.1 Å². The molecule has 0 bridgehead atoms. The van der Waals surface area contributed by atoms with Crippen molar-refractivity contribution >= 4 is 34.7 Å². The molecule has 0 unspecified atom stereocenters. The minimum Gasteiger partial charge on any atom is -0.480 e. The summed E-state index contributed by atoms with van der Waals surface area (Å²) in [5.41, 5.74) is 0.0654. The van der Waals surface area contributed by atoms with Gasteiger partial charge < -0.3 is 24.6 Å². The summed E-state index contributed by atoms with van der Waals surface area (Å²) in [6.45, 7) is 5.27. The summed E-state index contributed by atoms with van der Waals surface area (Å²) in [5, 5.41) is 11.7. The van der Waals surface area contributed by atoms with Crippen LogP contribution in [0, 0.1) is 3.57 Å². The standard InChI is InChI=1S/C16H22INO6/c1-16(2,3)24-15(21)18-12(14(19)20)8-10-5-6-13(11(17)7-10)23-9-22-4/h5-7,12H,8-9H2,1-4H3,(H,18,21)(H,19,20)/t12-/m1/s1. The van der Waals surface area contributed by atoms with Crippen LogP contribution in [0.25, 0.3) is 0 Å². The molecule has 1 aromatic rings. The van der Waals surface area contributed by atoms with Crippen molar-refractivity contribution < 1.29 is 28.9 Å². The van der Waals surface area contributed by atoms with Gasteiger partial charge >= 0.3 is 12.1 Å². The summed E-state index contributed by atoms with van der Waals surface area (Å²) in [4.78, 5) is 23.2. The van der Waals surface area contributed by atoms with E-state index in [4.69, 9.17) is 14.2 Å². The maximum Gasteiger partial charge on any atom is 0.408 e. The number of alkyl carbamates (subject to hydrolysis) is 1. The lowest BCUT2D eigenvalue weighted by Crippen LogP contribution is -2.44. The third-order valence-corrected chi connectivity index (χ3v) is 3.60. The van der Waals surface area contributed by atoms with E-state index in [0.717, 1.165) is 9.13 Å². The second-order valence-electron chi connectivity index (χ2n) is 6.06. The van der Waals surface area contributed by atoms with Crippen molar-refractivity contribution in [2.45, 2.75) is 38.8 Å². The molecule has 0 saturated heterocycles. The highest BCUT2D eigenvalue weighted by Gasteiger charge is 2.24. The molecular weight excluding hydrogens is 429 g/mol. The van der Waals surface area contributed by atoms with Crippen molar-refractivity contribution in [2.24, 2.45) is 0 Å². The molecule has 7 nitrogen and oxygen atoms in total. The van der Waals surface area contributed by atoms with Crippen LogP contribution in [0.5, 0.6) is 5.75 Å². The number of nitrogens with one attached hydrogen (secondary N) is 1. The van der Waals surface area contributed by atoms with Crippen LogP contribution in [0.1, 0.15) is 26.3 Å². The number of methoxy groups -OCH3 is 1. The zero-order valence-electron chi connectivity index (χ0n) is 14.1. The summed E-state index contributed by atoms with van der Waals surface area (Å²) < 4.78 is 16.1. The molecule has 0 aliphatic heterocycles. The van der Waals surface area contributed by atoms with E-state index in [1.165, 1.54) is 7.11 Å². The van der Waals surface area contributed by atoms with E-state index < -0.39 is 23.7 Å². The quantitative estimate of drug-likeness (QED) is 0.489. The highest BCUT2D eigenvalue weighted by molar-refractivity contribution is 14.1. The SMILES string of the molecule is COCOc1ccc(C[C@@H](NC(=O)OC(C)(C)C)C(=O)O)cc1I. The Balaban J connectivity index is 2.77. The number of rotatable bonds is 7. The highest BCUT2D eigenvalue weighted by atomic mass is 127. The Morgan fingerprint density at radius 2 is 2.00 bits per heavy atom. The van der Waals surface area contributed by atoms with Gasteiger partial charge in [-0.15, -0.1) is 0 Å². The van der Waals surface area contributed by atoms with Gasteiger partial charge in [-0.25, -0.2) is 9.59 Å². The lowest BCUT2D eigenvalue weighted by atomic mass is 10.1. The Labute approximate surface area is 154 Å². The number of carboxylic acids is 1. The fourth-order valence-electron chi connectivity index (χ4n) is 1.80. The summed E-state index contributed by atoms with van der Waals surface area (Å²) in [5.74, 6) is -0.483. The molecule has 0 radical (unpaired) electrons. The van der Waals surface area contributed by atoms with Crippen LogP contribution >= 0.6 is 22.6 Å². The third-order valence-electron chi connectivity index (χ3n) is 2.76. The summed E-state index contributed by atoms with van der Waals surface area (Å²) in [6.07, 6.45) is -0.626. The number of hydrogen-bond donors (Lipinski definition) is 2. The first-order valence-corrected chi connectivity index (χ1v) is 8.32. The van der Waals surface area contributed by atoms with Gasteiger partial charge in [-0.1, -0.05) is 6.07 Å². The van der Waals surface area contributed by atoms with Gasteiger partial charge in [0.05, 0.1) is 3.57 Å². The number of carbonyl (C=O) groups excluding carboxylic acids is 1. The minimum absolute atomic E-state index is 0.132. The first-order valence-electron chi connectivity index (χ1n) is 7.25. The molecule has 0 aliphatic carbocycles. The predicted octanol–water partition coefficient (Wildman–Crippen LogP) is 2.79. The van der Waals surface area contributed by atoms with Crippen LogP contribution in [0.15, 0.2) is 18.2 Å². The van der Waals surface area contributed by atoms with Gasteiger partial charge in [-0.3, -0.25) is 0 Å². The van der Waals surface area contributed by atoms with Gasteiger partial charge in [0.2, 0.25) is 0 Å². The third kappa shape index (κ3) is 7.35. The monoisotopic (exact) mass is 451 g/mol. The molecule has 0 aliphatic rings. The second kappa shape index (κ2) is 9.07. The summed E-state index contributed by atoms with van der Waals surface area (Å²) >= 11 is 2.09. The zero-order chi connectivity index (χ0) is 18.3. The minimum atomic E-state index is -1.13. The molecule has 134 valence electrons. The molecule has 1 aromatic carbocycles. The molecule has 0 heterocycles. The number of halogens is 1. The second-order valence-corrected chi connectivity index (χ2v) is 7.22. The normalized spacial score (nSPS) is 12.4. The Kier molecular flexibility index (Phi) is 7.74. The maximum absolute atomic E-state index is 11.8. The molecule has 0 spiro atoms. The van der Waals surface area contributed by atoms with Gasteiger partial charge in [-0.05, 0) is 61.1 Å². The van der Waals surface area contributed by atoms with Crippen molar-refractivity contribution in [3.05, 3.63) is 27.3 Å². The van der Waals surface area contributed by atoms with Crippen LogP contribution in [-0.2, 0) is 20.7 Å². The van der Waals surface area contributed by atoms with Gasteiger partial charge in [0, 0.05) is 13.5 Å². The number of aliphatic carboxylic acids is 1. The van der Waals surface area contributed by atoms with E-state index >= 15 is 0 Å². The van der Waals surface area contributed by atoms with E-state index in [0.29, 0.717) is 5.75 Å². The van der Waals surface area contributed by atoms with E-state index in [2.05, 4.69) is 27.9 Å². The largest absolute Gasteiger partial charge is 0.480 e. The van der Waals surface area contributed by atoms with Crippen LogP contribution in [-0.4, -0.2) is 42.7 Å². The number of benzene rings is 1. The predicted molar refractivity (Wildman–Crippen MR) is 96.2 cm³/mol. The molecule has 0 fully saturated rings. The van der Waals surface area contributed by atoms with Crippen molar-refractivity contribution in [3.63, 3.8) is 0 Å². The summed E-state index contributed by atoms with van der Waals surface area (Å²) in [6, 6.07) is 4.21. The fraction of sp³-hybridized carbons (Fsp3) is 0.500. The number of carboxylic acid groups (broad SMARTS) is 1. The van der Waals surface area contributed by atoms with Gasteiger partial charge in [0.25, 0.3) is 0 Å². The molecule has 0 aromatic heterocycles. The topological polar surface area (TPSA) is 94.1 Å². The summed E-state index contributed by atoms with van der Waals surface area (Å²) in [7, 11) is 1.53. The first kappa shape index (κ1) is 20.5. The zero-order valence-corrected chi connectivity index (χ0v) is 16.2. The number of carbonyl (C=O) groups is 2. The average molecular weight is 451 g/mol. The number of ether oxygens (including phenoxy) is 3. The lowest BCUT2D eigenvalue weighted by molar-refractivity contribution is -0.139. The number of amides is 1. The Hall–Kier alpha value is -1.55. The fourth-order valence-corrected chi connectivity index (χ4v) is 2.53. The Morgan fingerprint density at radius 1 is 1.33 bits per heavy atom. The smallest absolute Gasteiger partial charge is 0.408 e. The highest BCUT2D eigenvalue weighted by Crippen LogP contribution is 2.23.